The van der Waals surface area contributed by atoms with E-state index < -0.39 is 0 Å². The van der Waals surface area contributed by atoms with Crippen molar-refractivity contribution in [1.82, 2.24) is 4.98 Å². The maximum Gasteiger partial charge on any atom is 0.124 e. The minimum absolute atomic E-state index is 0.812. The summed E-state index contributed by atoms with van der Waals surface area (Å²) in [6.07, 6.45) is 0. The zero-order chi connectivity index (χ0) is 16.6. The number of isothiocyanates is 1. The molecule has 0 saturated carbocycles. The van der Waals surface area contributed by atoms with Crippen molar-refractivity contribution in [2.45, 2.75) is 13.8 Å². The first-order valence-corrected chi connectivity index (χ1v) is 8.50. The van der Waals surface area contributed by atoms with Gasteiger partial charge in [0, 0.05) is 25.3 Å². The highest BCUT2D eigenvalue weighted by atomic mass is 32.1. The van der Waals surface area contributed by atoms with Gasteiger partial charge in [0.25, 0.3) is 0 Å². The fourth-order valence-electron chi connectivity index (χ4n) is 2.66. The molecule has 3 rings (SSSR count). The molecule has 1 heterocycles. The third kappa shape index (κ3) is 2.91. The van der Waals surface area contributed by atoms with Crippen molar-refractivity contribution in [3.05, 3.63) is 41.5 Å². The summed E-state index contributed by atoms with van der Waals surface area (Å²) in [5, 5.41) is 3.41. The number of aliphatic imine (C=N–C) groups is 1. The number of benzene rings is 2. The molecule has 0 aliphatic rings. The quantitative estimate of drug-likeness (QED) is 0.474. The summed E-state index contributed by atoms with van der Waals surface area (Å²) in [5.74, 6) is 0. The number of aryl methyl sites for hydroxylation is 2. The summed E-state index contributed by atoms with van der Waals surface area (Å²) in [7, 11) is 4.15. The van der Waals surface area contributed by atoms with Gasteiger partial charge in [0.05, 0.1) is 21.1 Å². The number of rotatable bonds is 3. The molecule has 0 unspecified atom stereocenters. The van der Waals surface area contributed by atoms with Crippen LogP contribution in [0.4, 0.5) is 11.4 Å². The monoisotopic (exact) mass is 339 g/mol. The van der Waals surface area contributed by atoms with Crippen LogP contribution in [0.5, 0.6) is 0 Å². The Balaban J connectivity index is 2.14. The molecule has 0 atom stereocenters. The van der Waals surface area contributed by atoms with Crippen molar-refractivity contribution >= 4 is 50.3 Å². The molecule has 0 aliphatic carbocycles. The van der Waals surface area contributed by atoms with Crippen LogP contribution in [0.3, 0.4) is 0 Å². The Morgan fingerprint density at radius 2 is 1.87 bits per heavy atom. The lowest BCUT2D eigenvalue weighted by Gasteiger charge is -2.16. The van der Waals surface area contributed by atoms with Gasteiger partial charge in [-0.2, -0.15) is 4.99 Å². The number of nitrogens with zero attached hydrogens (tertiary/aromatic N) is 3. The van der Waals surface area contributed by atoms with Crippen molar-refractivity contribution in [1.29, 1.82) is 0 Å². The number of thiazole rings is 1. The molecular weight excluding hydrogens is 322 g/mol. The molecule has 3 aromatic rings. The Morgan fingerprint density at radius 1 is 1.17 bits per heavy atom. The van der Waals surface area contributed by atoms with Gasteiger partial charge in [-0.15, -0.1) is 11.3 Å². The van der Waals surface area contributed by atoms with Gasteiger partial charge in [0.15, 0.2) is 0 Å². The molecule has 0 saturated heterocycles. The first kappa shape index (κ1) is 15.8. The van der Waals surface area contributed by atoms with Crippen molar-refractivity contribution in [2.24, 2.45) is 4.99 Å². The highest BCUT2D eigenvalue weighted by Crippen LogP contribution is 2.37. The first-order chi connectivity index (χ1) is 11.0. The standard InChI is InChI=1S/C18H17N3S2/c1-11-9-15(21(3)4)12(2)17-16(11)20-18(23-17)13-5-7-14(8-6-13)19-10-22/h5-9H,1-4H3. The van der Waals surface area contributed by atoms with E-state index in [1.165, 1.54) is 21.5 Å². The topological polar surface area (TPSA) is 28.5 Å². The normalized spacial score (nSPS) is 10.6. The molecule has 0 aliphatic heterocycles. The van der Waals surface area contributed by atoms with Crippen LogP contribution in [-0.2, 0) is 0 Å². The lowest BCUT2D eigenvalue weighted by molar-refractivity contribution is 1.12. The minimum atomic E-state index is 0.812. The van der Waals surface area contributed by atoms with E-state index in [9.17, 15) is 0 Å². The Hall–Kier alpha value is -2.07. The molecule has 0 amide bonds. The largest absolute Gasteiger partial charge is 0.377 e. The SMILES string of the molecule is Cc1cc(N(C)C)c(C)c2sc(-c3ccc(N=C=S)cc3)nc12. The molecular formula is C18H17N3S2. The van der Waals surface area contributed by atoms with E-state index in [0.717, 1.165) is 21.8 Å². The van der Waals surface area contributed by atoms with Crippen LogP contribution in [0.2, 0.25) is 0 Å². The van der Waals surface area contributed by atoms with Gasteiger partial charge in [-0.3, -0.25) is 0 Å². The van der Waals surface area contributed by atoms with Crippen LogP contribution in [-0.4, -0.2) is 24.2 Å². The number of fused-ring (bicyclic) bond motifs is 1. The predicted octanol–water partition coefficient (Wildman–Crippen LogP) is 5.38. The second-order valence-corrected chi connectivity index (χ2v) is 6.86. The number of hydrogen-bond acceptors (Lipinski definition) is 5. The van der Waals surface area contributed by atoms with Gasteiger partial charge >= 0.3 is 0 Å². The Kier molecular flexibility index (Phi) is 4.26. The molecule has 0 fully saturated rings. The van der Waals surface area contributed by atoms with Crippen LogP contribution >= 0.6 is 23.6 Å². The molecule has 5 heteroatoms. The highest BCUT2D eigenvalue weighted by molar-refractivity contribution is 7.78. The molecule has 1 aromatic heterocycles. The summed E-state index contributed by atoms with van der Waals surface area (Å²) in [5.41, 5.74) is 6.73. The molecule has 116 valence electrons. The Morgan fingerprint density at radius 3 is 2.48 bits per heavy atom. The first-order valence-electron chi connectivity index (χ1n) is 7.27. The van der Waals surface area contributed by atoms with Crippen molar-refractivity contribution < 1.29 is 0 Å². The van der Waals surface area contributed by atoms with Gasteiger partial charge in [-0.1, -0.05) is 0 Å². The van der Waals surface area contributed by atoms with Gasteiger partial charge in [-0.05, 0) is 67.5 Å². The van der Waals surface area contributed by atoms with E-state index in [4.69, 9.17) is 4.98 Å². The molecule has 23 heavy (non-hydrogen) atoms. The number of aromatic nitrogens is 1. The van der Waals surface area contributed by atoms with Gasteiger partial charge < -0.3 is 4.90 Å². The predicted molar refractivity (Wildman–Crippen MR) is 104 cm³/mol. The smallest absolute Gasteiger partial charge is 0.124 e. The van der Waals surface area contributed by atoms with E-state index in [2.05, 4.69) is 61.3 Å². The van der Waals surface area contributed by atoms with Crippen LogP contribution in [0, 0.1) is 13.8 Å². The zero-order valence-corrected chi connectivity index (χ0v) is 15.2. The summed E-state index contributed by atoms with van der Waals surface area (Å²) < 4.78 is 1.25. The lowest BCUT2D eigenvalue weighted by Crippen LogP contribution is -2.10. The van der Waals surface area contributed by atoms with Gasteiger partial charge in [-0.25, -0.2) is 4.98 Å². The van der Waals surface area contributed by atoms with E-state index >= 15 is 0 Å². The lowest BCUT2D eigenvalue weighted by atomic mass is 10.1. The third-order valence-electron chi connectivity index (χ3n) is 3.85. The number of anilines is 1. The molecule has 3 nitrogen and oxygen atoms in total. The second-order valence-electron chi connectivity index (χ2n) is 5.68. The number of thiocarbonyl (C=S) groups is 1. The average molecular weight is 339 g/mol. The van der Waals surface area contributed by atoms with Crippen LogP contribution in [0.15, 0.2) is 35.3 Å². The summed E-state index contributed by atoms with van der Waals surface area (Å²) in [6.45, 7) is 4.28. The van der Waals surface area contributed by atoms with Gasteiger partial charge in [0.2, 0.25) is 0 Å². The van der Waals surface area contributed by atoms with Crippen molar-refractivity contribution in [2.75, 3.05) is 19.0 Å². The second kappa shape index (κ2) is 6.20. The molecule has 0 spiro atoms. The average Bonchev–Trinajstić information content (AvgIpc) is 2.98. The molecule has 0 radical (unpaired) electrons. The summed E-state index contributed by atoms with van der Waals surface area (Å²) in [6, 6.07) is 10.1. The summed E-state index contributed by atoms with van der Waals surface area (Å²) in [4.78, 5) is 11.0. The van der Waals surface area contributed by atoms with E-state index in [0.29, 0.717) is 0 Å². The maximum absolute atomic E-state index is 4.85. The van der Waals surface area contributed by atoms with Crippen LogP contribution < -0.4 is 4.90 Å². The van der Waals surface area contributed by atoms with Crippen LogP contribution in [0.25, 0.3) is 20.8 Å². The fourth-order valence-corrected chi connectivity index (χ4v) is 3.91. The Labute approximate surface area is 145 Å². The minimum Gasteiger partial charge on any atom is -0.377 e. The Bertz CT molecular complexity index is 918. The maximum atomic E-state index is 4.85. The fraction of sp³-hybridized carbons (Fsp3) is 0.222. The number of hydrogen-bond donors (Lipinski definition) is 0. The van der Waals surface area contributed by atoms with E-state index in [1.54, 1.807) is 11.3 Å². The van der Waals surface area contributed by atoms with E-state index in [1.807, 2.05) is 24.3 Å². The molecule has 0 bridgehead atoms. The highest BCUT2D eigenvalue weighted by Gasteiger charge is 2.14. The third-order valence-corrected chi connectivity index (χ3v) is 5.16. The summed E-state index contributed by atoms with van der Waals surface area (Å²) >= 11 is 6.37. The molecule has 2 aromatic carbocycles. The van der Waals surface area contributed by atoms with Crippen LogP contribution in [0.1, 0.15) is 11.1 Å². The van der Waals surface area contributed by atoms with Gasteiger partial charge in [0.1, 0.15) is 5.01 Å². The zero-order valence-electron chi connectivity index (χ0n) is 13.5. The van der Waals surface area contributed by atoms with E-state index in [-0.39, 0.29) is 0 Å². The molecule has 0 N–H and O–H groups in total. The van der Waals surface area contributed by atoms with Crippen molar-refractivity contribution in [3.63, 3.8) is 0 Å². The van der Waals surface area contributed by atoms with Crippen molar-refractivity contribution in [3.8, 4) is 10.6 Å².